The molecule has 0 aliphatic carbocycles. The van der Waals surface area contributed by atoms with E-state index in [-0.39, 0.29) is 0 Å². The third-order valence-corrected chi connectivity index (χ3v) is 3.98. The zero-order valence-corrected chi connectivity index (χ0v) is 11.5. The lowest BCUT2D eigenvalue weighted by Crippen LogP contribution is -2.34. The van der Waals surface area contributed by atoms with Crippen LogP contribution in [0.4, 0.5) is 10.1 Å². The first-order chi connectivity index (χ1) is 9.31. The van der Waals surface area contributed by atoms with Gasteiger partial charge in [-0.25, -0.2) is 12.8 Å². The van der Waals surface area contributed by atoms with Crippen molar-refractivity contribution in [1.29, 1.82) is 0 Å². The zero-order valence-electron chi connectivity index (χ0n) is 10.7. The Bertz CT molecular complexity index is 652. The Hall–Kier alpha value is -1.98. The van der Waals surface area contributed by atoms with Crippen LogP contribution in [0, 0.1) is 28.3 Å². The smallest absolute Gasteiger partial charge is 0.258 e. The van der Waals surface area contributed by atoms with Crippen molar-refractivity contribution in [3.8, 4) is 12.3 Å². The van der Waals surface area contributed by atoms with Gasteiger partial charge in [-0.2, -0.15) is 4.72 Å². The molecule has 1 aromatic carbocycles. The fraction of sp³-hybridized carbons (Fsp3) is 0.333. The van der Waals surface area contributed by atoms with Gasteiger partial charge in [0.25, 0.3) is 5.69 Å². The first-order valence-corrected chi connectivity index (χ1v) is 7.22. The van der Waals surface area contributed by atoms with Crippen LogP contribution in [0.2, 0.25) is 0 Å². The molecule has 1 aromatic rings. The van der Waals surface area contributed by atoms with Crippen LogP contribution >= 0.6 is 0 Å². The minimum Gasteiger partial charge on any atom is -0.258 e. The number of rotatable bonds is 6. The summed E-state index contributed by atoms with van der Waals surface area (Å²) in [6.45, 7) is 1.81. The highest BCUT2D eigenvalue weighted by Crippen LogP contribution is 2.21. The van der Waals surface area contributed by atoms with Gasteiger partial charge in [-0.05, 0) is 12.5 Å². The van der Waals surface area contributed by atoms with Crippen LogP contribution < -0.4 is 4.72 Å². The number of nitro benzene ring substituents is 1. The number of benzene rings is 1. The molecular weight excluding hydrogens is 287 g/mol. The van der Waals surface area contributed by atoms with E-state index in [1.165, 1.54) is 0 Å². The van der Waals surface area contributed by atoms with Crippen molar-refractivity contribution in [1.82, 2.24) is 4.72 Å². The van der Waals surface area contributed by atoms with Crippen molar-refractivity contribution in [2.24, 2.45) is 0 Å². The monoisotopic (exact) mass is 300 g/mol. The van der Waals surface area contributed by atoms with Crippen molar-refractivity contribution in [2.75, 3.05) is 0 Å². The van der Waals surface area contributed by atoms with E-state index in [1.54, 1.807) is 0 Å². The van der Waals surface area contributed by atoms with E-state index in [0.717, 1.165) is 12.1 Å². The highest BCUT2D eigenvalue weighted by Gasteiger charge is 2.24. The van der Waals surface area contributed by atoms with E-state index in [1.807, 2.05) is 6.92 Å². The average molecular weight is 300 g/mol. The molecule has 1 N–H and O–H groups in total. The molecule has 1 unspecified atom stereocenters. The maximum absolute atomic E-state index is 13.6. The SMILES string of the molecule is C#CC(CCC)NS(=O)(=O)c1cc([N+](=O)[O-])ccc1F. The summed E-state index contributed by atoms with van der Waals surface area (Å²) in [6, 6.07) is 1.50. The molecule has 20 heavy (non-hydrogen) atoms. The Labute approximate surface area is 116 Å². The lowest BCUT2D eigenvalue weighted by Gasteiger charge is -2.12. The number of nitrogens with zero attached hydrogens (tertiary/aromatic N) is 1. The number of nitrogens with one attached hydrogen (secondary N) is 1. The summed E-state index contributed by atoms with van der Waals surface area (Å²) >= 11 is 0. The Balaban J connectivity index is 3.18. The molecule has 0 heterocycles. The topological polar surface area (TPSA) is 89.3 Å². The van der Waals surface area contributed by atoms with Crippen LogP contribution in [0.15, 0.2) is 23.1 Å². The van der Waals surface area contributed by atoms with Crippen molar-refractivity contribution in [2.45, 2.75) is 30.7 Å². The molecule has 108 valence electrons. The minimum atomic E-state index is -4.25. The molecule has 0 spiro atoms. The second kappa shape index (κ2) is 6.45. The number of nitro groups is 1. The predicted octanol–water partition coefficient (Wildman–Crippen LogP) is 1.81. The molecule has 0 aromatic heterocycles. The number of halogens is 1. The van der Waals surface area contributed by atoms with Gasteiger partial charge in [0, 0.05) is 12.1 Å². The Morgan fingerprint density at radius 2 is 2.20 bits per heavy atom. The summed E-state index contributed by atoms with van der Waals surface area (Å²) in [5, 5.41) is 10.6. The fourth-order valence-corrected chi connectivity index (χ4v) is 2.82. The molecule has 0 saturated carbocycles. The molecule has 0 amide bonds. The summed E-state index contributed by atoms with van der Waals surface area (Å²) in [4.78, 5) is 9.02. The number of sulfonamides is 1. The van der Waals surface area contributed by atoms with Crippen LogP contribution in [0.3, 0.4) is 0 Å². The van der Waals surface area contributed by atoms with Crippen LogP contribution in [-0.4, -0.2) is 19.4 Å². The first kappa shape index (κ1) is 16.1. The van der Waals surface area contributed by atoms with Crippen molar-refractivity contribution in [3.05, 3.63) is 34.1 Å². The standard InChI is InChI=1S/C12H13FN2O4S/c1-3-5-9(4-2)14-20(18,19)12-8-10(15(16)17)6-7-11(12)13/h2,6-9,14H,3,5H2,1H3. The van der Waals surface area contributed by atoms with Crippen LogP contribution in [0.1, 0.15) is 19.8 Å². The largest absolute Gasteiger partial charge is 0.270 e. The van der Waals surface area contributed by atoms with Gasteiger partial charge in [0.2, 0.25) is 10.0 Å². The molecule has 6 nitrogen and oxygen atoms in total. The predicted molar refractivity (Wildman–Crippen MR) is 70.9 cm³/mol. The summed E-state index contributed by atoms with van der Waals surface area (Å²) in [6.07, 6.45) is 6.20. The maximum atomic E-state index is 13.6. The number of hydrogen-bond donors (Lipinski definition) is 1. The van der Waals surface area contributed by atoms with Gasteiger partial charge in [0.15, 0.2) is 0 Å². The lowest BCUT2D eigenvalue weighted by atomic mass is 10.2. The Morgan fingerprint density at radius 3 is 2.70 bits per heavy atom. The van der Waals surface area contributed by atoms with E-state index in [0.29, 0.717) is 18.9 Å². The molecule has 0 radical (unpaired) electrons. The van der Waals surface area contributed by atoms with E-state index < -0.39 is 37.4 Å². The highest BCUT2D eigenvalue weighted by atomic mass is 32.2. The normalized spacial score (nSPS) is 12.7. The molecule has 0 bridgehead atoms. The lowest BCUT2D eigenvalue weighted by molar-refractivity contribution is -0.385. The van der Waals surface area contributed by atoms with Crippen molar-refractivity contribution in [3.63, 3.8) is 0 Å². The van der Waals surface area contributed by atoms with Crippen molar-refractivity contribution < 1.29 is 17.7 Å². The third-order valence-electron chi connectivity index (χ3n) is 2.49. The van der Waals surface area contributed by atoms with E-state index in [9.17, 15) is 22.9 Å². The van der Waals surface area contributed by atoms with Gasteiger partial charge in [-0.15, -0.1) is 6.42 Å². The van der Waals surface area contributed by atoms with Crippen molar-refractivity contribution >= 4 is 15.7 Å². The van der Waals surface area contributed by atoms with Gasteiger partial charge < -0.3 is 0 Å². The summed E-state index contributed by atoms with van der Waals surface area (Å²) < 4.78 is 39.7. The number of non-ortho nitro benzene ring substituents is 1. The van der Waals surface area contributed by atoms with Gasteiger partial charge in [0.1, 0.15) is 10.7 Å². The molecule has 0 aliphatic heterocycles. The van der Waals surface area contributed by atoms with Crippen LogP contribution in [-0.2, 0) is 10.0 Å². The molecule has 1 rings (SSSR count). The summed E-state index contributed by atoms with van der Waals surface area (Å²) in [5.41, 5.74) is -0.514. The first-order valence-electron chi connectivity index (χ1n) is 5.74. The Kier molecular flexibility index (Phi) is 5.19. The third kappa shape index (κ3) is 3.76. The maximum Gasteiger partial charge on any atom is 0.270 e. The molecular formula is C12H13FN2O4S. The van der Waals surface area contributed by atoms with Crippen LogP contribution in [0.25, 0.3) is 0 Å². The number of terminal acetylenes is 1. The van der Waals surface area contributed by atoms with Crippen LogP contribution in [0.5, 0.6) is 0 Å². The summed E-state index contributed by atoms with van der Waals surface area (Å²) in [5.74, 6) is 1.17. The summed E-state index contributed by atoms with van der Waals surface area (Å²) in [7, 11) is -4.25. The van der Waals surface area contributed by atoms with E-state index in [4.69, 9.17) is 6.42 Å². The second-order valence-electron chi connectivity index (χ2n) is 4.00. The van der Waals surface area contributed by atoms with E-state index in [2.05, 4.69) is 10.6 Å². The van der Waals surface area contributed by atoms with Gasteiger partial charge in [0.05, 0.1) is 11.0 Å². The van der Waals surface area contributed by atoms with Gasteiger partial charge in [-0.3, -0.25) is 10.1 Å². The minimum absolute atomic E-state index is 0.381. The van der Waals surface area contributed by atoms with Gasteiger partial charge in [-0.1, -0.05) is 19.3 Å². The zero-order chi connectivity index (χ0) is 15.3. The molecule has 0 saturated heterocycles. The average Bonchev–Trinajstić information content (AvgIpc) is 2.37. The quantitative estimate of drug-likeness (QED) is 0.493. The molecule has 0 aliphatic rings. The fourth-order valence-electron chi connectivity index (χ4n) is 1.53. The highest BCUT2D eigenvalue weighted by molar-refractivity contribution is 7.89. The van der Waals surface area contributed by atoms with E-state index >= 15 is 0 Å². The van der Waals surface area contributed by atoms with Gasteiger partial charge >= 0.3 is 0 Å². The molecule has 8 heteroatoms. The number of hydrogen-bond acceptors (Lipinski definition) is 4. The molecule has 1 atom stereocenters. The second-order valence-corrected chi connectivity index (χ2v) is 5.68. The molecule has 0 fully saturated rings. The Morgan fingerprint density at radius 1 is 1.55 bits per heavy atom.